The van der Waals surface area contributed by atoms with Crippen LogP contribution in [-0.2, 0) is 11.3 Å². The second kappa shape index (κ2) is 7.11. The number of carbonyl (C=O) groups excluding carboxylic acids is 1. The first-order valence-electron chi connectivity index (χ1n) is 7.93. The van der Waals surface area contributed by atoms with Crippen LogP contribution in [0.3, 0.4) is 0 Å². The van der Waals surface area contributed by atoms with E-state index in [0.29, 0.717) is 44.4 Å². The molecule has 1 saturated heterocycles. The van der Waals surface area contributed by atoms with Crippen molar-refractivity contribution in [3.05, 3.63) is 42.2 Å². The zero-order valence-electron chi connectivity index (χ0n) is 13.5. The molecule has 128 valence electrons. The van der Waals surface area contributed by atoms with Gasteiger partial charge >= 0.3 is 0 Å². The van der Waals surface area contributed by atoms with Crippen LogP contribution in [-0.4, -0.2) is 58.1 Å². The van der Waals surface area contributed by atoms with Gasteiger partial charge in [0, 0.05) is 31.7 Å². The quantitative estimate of drug-likeness (QED) is 0.918. The molecule has 1 unspecified atom stereocenters. The molecule has 1 fully saturated rings. The van der Waals surface area contributed by atoms with Gasteiger partial charge in [-0.25, -0.2) is 9.37 Å². The van der Waals surface area contributed by atoms with Crippen molar-refractivity contribution in [3.8, 4) is 11.3 Å². The standard InChI is InChI=1S/C17H20FN3O3/c1-12(22)17(23)21-8-6-20(7-9-21)11-16-19-10-15(24-16)13-2-4-14(18)5-3-13/h2-5,10,12,22H,6-9,11H2,1H3. The Kier molecular flexibility index (Phi) is 4.92. The van der Waals surface area contributed by atoms with E-state index < -0.39 is 6.10 Å². The second-order valence-electron chi connectivity index (χ2n) is 5.90. The minimum Gasteiger partial charge on any atom is -0.439 e. The molecule has 3 rings (SSSR count). The number of aliphatic hydroxyl groups excluding tert-OH is 1. The number of halogens is 1. The Bertz CT molecular complexity index is 691. The van der Waals surface area contributed by atoms with E-state index in [1.54, 1.807) is 23.2 Å². The van der Waals surface area contributed by atoms with Crippen molar-refractivity contribution in [2.24, 2.45) is 0 Å². The van der Waals surface area contributed by atoms with Gasteiger partial charge < -0.3 is 14.4 Å². The zero-order valence-corrected chi connectivity index (χ0v) is 13.5. The maximum Gasteiger partial charge on any atom is 0.251 e. The van der Waals surface area contributed by atoms with E-state index in [1.165, 1.54) is 19.1 Å². The molecule has 1 aromatic heterocycles. The lowest BCUT2D eigenvalue weighted by Crippen LogP contribution is -2.50. The minimum absolute atomic E-state index is 0.232. The van der Waals surface area contributed by atoms with Gasteiger partial charge in [0.05, 0.1) is 12.7 Å². The van der Waals surface area contributed by atoms with Gasteiger partial charge in [-0.15, -0.1) is 0 Å². The Hall–Kier alpha value is -2.25. The predicted octanol–water partition coefficient (Wildman–Crippen LogP) is 1.51. The van der Waals surface area contributed by atoms with Crippen molar-refractivity contribution in [1.82, 2.24) is 14.8 Å². The molecular formula is C17H20FN3O3. The minimum atomic E-state index is -0.957. The number of hydrogen-bond donors (Lipinski definition) is 1. The molecule has 1 N–H and O–H groups in total. The van der Waals surface area contributed by atoms with Crippen molar-refractivity contribution in [3.63, 3.8) is 0 Å². The molecule has 24 heavy (non-hydrogen) atoms. The fourth-order valence-corrected chi connectivity index (χ4v) is 2.71. The van der Waals surface area contributed by atoms with Crippen molar-refractivity contribution < 1.29 is 18.7 Å². The average molecular weight is 333 g/mol. The molecule has 2 aromatic rings. The monoisotopic (exact) mass is 333 g/mol. The Balaban J connectivity index is 1.56. The van der Waals surface area contributed by atoms with Gasteiger partial charge in [0.15, 0.2) is 5.76 Å². The van der Waals surface area contributed by atoms with Crippen LogP contribution < -0.4 is 0 Å². The molecule has 2 heterocycles. The van der Waals surface area contributed by atoms with E-state index in [4.69, 9.17) is 4.42 Å². The van der Waals surface area contributed by atoms with Gasteiger partial charge in [-0.3, -0.25) is 9.69 Å². The number of rotatable bonds is 4. The van der Waals surface area contributed by atoms with E-state index in [0.717, 1.165) is 5.56 Å². The highest BCUT2D eigenvalue weighted by Gasteiger charge is 2.24. The fourth-order valence-electron chi connectivity index (χ4n) is 2.71. The van der Waals surface area contributed by atoms with Crippen LogP contribution in [0.2, 0.25) is 0 Å². The lowest BCUT2D eigenvalue weighted by Gasteiger charge is -2.34. The van der Waals surface area contributed by atoms with Gasteiger partial charge in [-0.1, -0.05) is 0 Å². The molecule has 0 aliphatic carbocycles. The van der Waals surface area contributed by atoms with Crippen molar-refractivity contribution in [2.75, 3.05) is 26.2 Å². The summed E-state index contributed by atoms with van der Waals surface area (Å²) in [6, 6.07) is 6.08. The van der Waals surface area contributed by atoms with Crippen LogP contribution >= 0.6 is 0 Å². The molecule has 0 radical (unpaired) electrons. The van der Waals surface area contributed by atoms with Crippen LogP contribution in [0, 0.1) is 5.82 Å². The summed E-state index contributed by atoms with van der Waals surface area (Å²) in [5, 5.41) is 9.35. The summed E-state index contributed by atoms with van der Waals surface area (Å²) in [5.41, 5.74) is 0.780. The second-order valence-corrected chi connectivity index (χ2v) is 5.90. The largest absolute Gasteiger partial charge is 0.439 e. The first-order valence-corrected chi connectivity index (χ1v) is 7.93. The number of nitrogens with zero attached hydrogens (tertiary/aromatic N) is 3. The summed E-state index contributed by atoms with van der Waals surface area (Å²) < 4.78 is 18.7. The van der Waals surface area contributed by atoms with Crippen molar-refractivity contribution in [2.45, 2.75) is 19.6 Å². The molecule has 0 spiro atoms. The Morgan fingerprint density at radius 2 is 1.96 bits per heavy atom. The van der Waals surface area contributed by atoms with E-state index in [9.17, 15) is 14.3 Å². The van der Waals surface area contributed by atoms with Gasteiger partial charge in [0.25, 0.3) is 5.91 Å². The molecule has 1 atom stereocenters. The van der Waals surface area contributed by atoms with Gasteiger partial charge in [0.1, 0.15) is 11.9 Å². The van der Waals surface area contributed by atoms with E-state index in [1.807, 2.05) is 0 Å². The zero-order chi connectivity index (χ0) is 17.1. The fraction of sp³-hybridized carbons (Fsp3) is 0.412. The predicted molar refractivity (Wildman–Crippen MR) is 85.4 cm³/mol. The third-order valence-corrected chi connectivity index (χ3v) is 4.08. The summed E-state index contributed by atoms with van der Waals surface area (Å²) >= 11 is 0. The highest BCUT2D eigenvalue weighted by molar-refractivity contribution is 5.80. The van der Waals surface area contributed by atoms with Crippen LogP contribution in [0.5, 0.6) is 0 Å². The van der Waals surface area contributed by atoms with Gasteiger partial charge in [0.2, 0.25) is 5.89 Å². The molecule has 7 heteroatoms. The summed E-state index contributed by atoms with van der Waals surface area (Å²) in [5.74, 6) is 0.671. The van der Waals surface area contributed by atoms with E-state index in [2.05, 4.69) is 9.88 Å². The lowest BCUT2D eigenvalue weighted by molar-refractivity contribution is -0.141. The van der Waals surface area contributed by atoms with Gasteiger partial charge in [-0.05, 0) is 31.2 Å². The van der Waals surface area contributed by atoms with Crippen molar-refractivity contribution in [1.29, 1.82) is 0 Å². The number of piperazine rings is 1. The van der Waals surface area contributed by atoms with Gasteiger partial charge in [-0.2, -0.15) is 0 Å². The smallest absolute Gasteiger partial charge is 0.251 e. The maximum absolute atomic E-state index is 13.0. The summed E-state index contributed by atoms with van der Waals surface area (Å²) in [4.78, 5) is 19.8. The molecule has 0 bridgehead atoms. The molecule has 6 nitrogen and oxygen atoms in total. The third-order valence-electron chi connectivity index (χ3n) is 4.08. The number of hydrogen-bond acceptors (Lipinski definition) is 5. The van der Waals surface area contributed by atoms with Crippen molar-refractivity contribution >= 4 is 5.91 Å². The lowest BCUT2D eigenvalue weighted by atomic mass is 10.2. The third kappa shape index (κ3) is 3.80. The average Bonchev–Trinajstić information content (AvgIpc) is 3.04. The number of aliphatic hydroxyl groups is 1. The number of benzene rings is 1. The molecule has 1 aliphatic rings. The summed E-state index contributed by atoms with van der Waals surface area (Å²) in [6.07, 6.45) is 0.678. The molecule has 0 saturated carbocycles. The SMILES string of the molecule is CC(O)C(=O)N1CCN(Cc2ncc(-c3ccc(F)cc3)o2)CC1. The maximum atomic E-state index is 13.0. The molecule has 1 aromatic carbocycles. The first kappa shape index (κ1) is 16.6. The number of aromatic nitrogens is 1. The number of carbonyl (C=O) groups is 1. The van der Waals surface area contributed by atoms with Crippen LogP contribution in [0.4, 0.5) is 4.39 Å². The molecular weight excluding hydrogens is 313 g/mol. The Labute approximate surface area is 139 Å². The number of oxazole rings is 1. The summed E-state index contributed by atoms with van der Waals surface area (Å²) in [7, 11) is 0. The number of amides is 1. The first-order chi connectivity index (χ1) is 11.5. The van der Waals surface area contributed by atoms with Crippen LogP contribution in [0.25, 0.3) is 11.3 Å². The normalized spacial score (nSPS) is 17.0. The summed E-state index contributed by atoms with van der Waals surface area (Å²) in [6.45, 7) is 4.60. The molecule has 1 amide bonds. The van der Waals surface area contributed by atoms with E-state index in [-0.39, 0.29) is 11.7 Å². The van der Waals surface area contributed by atoms with Crippen LogP contribution in [0.15, 0.2) is 34.9 Å². The highest BCUT2D eigenvalue weighted by Crippen LogP contribution is 2.21. The van der Waals surface area contributed by atoms with E-state index >= 15 is 0 Å². The Morgan fingerprint density at radius 3 is 2.58 bits per heavy atom. The van der Waals surface area contributed by atoms with Crippen LogP contribution in [0.1, 0.15) is 12.8 Å². The highest BCUT2D eigenvalue weighted by atomic mass is 19.1. The Morgan fingerprint density at radius 1 is 1.29 bits per heavy atom. The molecule has 1 aliphatic heterocycles. The topological polar surface area (TPSA) is 69.8 Å².